The van der Waals surface area contributed by atoms with Gasteiger partial charge >= 0.3 is 0 Å². The monoisotopic (exact) mass is 271 g/mol. The molecule has 1 unspecified atom stereocenters. The number of nitrogens with zero attached hydrogens (tertiary/aromatic N) is 3. The van der Waals surface area contributed by atoms with E-state index >= 15 is 0 Å². The van der Waals surface area contributed by atoms with E-state index in [1.807, 2.05) is 11.6 Å². The zero-order valence-corrected chi connectivity index (χ0v) is 11.4. The van der Waals surface area contributed by atoms with E-state index in [9.17, 15) is 4.79 Å². The van der Waals surface area contributed by atoms with Crippen LogP contribution < -0.4 is 10.6 Å². The zero-order valence-electron chi connectivity index (χ0n) is 10.6. The Morgan fingerprint density at radius 2 is 2.50 bits per heavy atom. The number of piperazine rings is 1. The summed E-state index contributed by atoms with van der Waals surface area (Å²) in [5.41, 5.74) is 0. The first-order chi connectivity index (χ1) is 8.63. The number of hydrogen-bond acceptors (Lipinski definition) is 4. The van der Waals surface area contributed by atoms with Crippen LogP contribution in [0.3, 0.4) is 0 Å². The molecule has 1 aliphatic heterocycles. The van der Waals surface area contributed by atoms with Crippen LogP contribution in [0.1, 0.15) is 5.82 Å². The topological polar surface area (TPSA) is 62.2 Å². The number of likely N-dealkylation sites (N-methyl/N-ethyl adjacent to an activating group) is 1. The first-order valence-electron chi connectivity index (χ1n) is 5.96. The lowest BCUT2D eigenvalue weighted by molar-refractivity contribution is -0.126. The highest BCUT2D eigenvalue weighted by Gasteiger charge is 2.28. The third-order valence-corrected chi connectivity index (χ3v) is 3.63. The molecule has 1 amide bonds. The number of carbonyl (C=O) groups is 1. The van der Waals surface area contributed by atoms with Gasteiger partial charge in [-0.2, -0.15) is 0 Å². The molecule has 1 aliphatic rings. The fourth-order valence-electron chi connectivity index (χ4n) is 2.11. The highest BCUT2D eigenvalue weighted by atomic mass is 35.5. The molecule has 0 aliphatic carbocycles. The Morgan fingerprint density at radius 1 is 1.72 bits per heavy atom. The Morgan fingerprint density at radius 3 is 3.11 bits per heavy atom. The summed E-state index contributed by atoms with van der Waals surface area (Å²) in [6.45, 7) is 3.00. The van der Waals surface area contributed by atoms with Gasteiger partial charge in [-0.15, -0.1) is 0 Å². The number of imidazole rings is 1. The number of nitrogens with one attached hydrogen (secondary N) is 2. The molecule has 0 saturated carbocycles. The van der Waals surface area contributed by atoms with Crippen LogP contribution in [0.25, 0.3) is 0 Å². The number of rotatable bonds is 3. The maximum Gasteiger partial charge on any atom is 0.238 e. The van der Waals surface area contributed by atoms with Gasteiger partial charge in [0.25, 0.3) is 0 Å². The van der Waals surface area contributed by atoms with Gasteiger partial charge in [-0.1, -0.05) is 11.6 Å². The Hall–Kier alpha value is -1.11. The minimum Gasteiger partial charge on any atom is -0.358 e. The van der Waals surface area contributed by atoms with Gasteiger partial charge in [-0.05, 0) is 0 Å². The summed E-state index contributed by atoms with van der Waals surface area (Å²) < 4.78 is 1.84. The minimum atomic E-state index is -0.153. The molecule has 0 radical (unpaired) electrons. The maximum absolute atomic E-state index is 11.8. The Balaban J connectivity index is 2.10. The van der Waals surface area contributed by atoms with Crippen molar-refractivity contribution in [3.05, 3.63) is 17.2 Å². The van der Waals surface area contributed by atoms with E-state index in [2.05, 4.69) is 20.5 Å². The van der Waals surface area contributed by atoms with Gasteiger partial charge in [0, 0.05) is 33.7 Å². The maximum atomic E-state index is 11.8. The van der Waals surface area contributed by atoms with Crippen molar-refractivity contribution in [1.82, 2.24) is 25.1 Å². The van der Waals surface area contributed by atoms with Crippen molar-refractivity contribution in [2.75, 3.05) is 26.7 Å². The van der Waals surface area contributed by atoms with Crippen LogP contribution in [0.4, 0.5) is 0 Å². The molecule has 1 saturated heterocycles. The normalized spacial score (nSPS) is 20.9. The Bertz CT molecular complexity index is 433. The van der Waals surface area contributed by atoms with Crippen molar-refractivity contribution in [3.8, 4) is 0 Å². The van der Waals surface area contributed by atoms with E-state index in [4.69, 9.17) is 11.6 Å². The molecule has 1 aromatic rings. The quantitative estimate of drug-likeness (QED) is 0.785. The molecule has 2 N–H and O–H groups in total. The van der Waals surface area contributed by atoms with E-state index in [1.165, 1.54) is 0 Å². The second-order valence-corrected chi connectivity index (χ2v) is 4.75. The smallest absolute Gasteiger partial charge is 0.238 e. The molecule has 0 bridgehead atoms. The van der Waals surface area contributed by atoms with Gasteiger partial charge in [0.2, 0.25) is 5.91 Å². The van der Waals surface area contributed by atoms with Gasteiger partial charge < -0.3 is 15.2 Å². The SMILES string of the molecule is CNC(=O)C1CNCCN1Cc1ncc(Cl)n1C. The van der Waals surface area contributed by atoms with Crippen LogP contribution in [0.2, 0.25) is 5.15 Å². The summed E-state index contributed by atoms with van der Waals surface area (Å²) in [4.78, 5) is 18.2. The van der Waals surface area contributed by atoms with Gasteiger partial charge in [0.1, 0.15) is 17.0 Å². The molecule has 2 rings (SSSR count). The summed E-state index contributed by atoms with van der Waals surface area (Å²) in [5.74, 6) is 0.901. The summed E-state index contributed by atoms with van der Waals surface area (Å²) in [6, 6.07) is -0.153. The van der Waals surface area contributed by atoms with Crippen LogP contribution in [0.5, 0.6) is 0 Å². The fourth-order valence-corrected chi connectivity index (χ4v) is 2.26. The van der Waals surface area contributed by atoms with Gasteiger partial charge in [-0.3, -0.25) is 9.69 Å². The van der Waals surface area contributed by atoms with Crippen LogP contribution in [-0.2, 0) is 18.4 Å². The molecule has 0 spiro atoms. The second kappa shape index (κ2) is 5.69. The molecule has 1 fully saturated rings. The van der Waals surface area contributed by atoms with E-state index in [1.54, 1.807) is 13.2 Å². The van der Waals surface area contributed by atoms with Gasteiger partial charge in [0.15, 0.2) is 0 Å². The zero-order chi connectivity index (χ0) is 13.1. The van der Waals surface area contributed by atoms with Crippen LogP contribution in [0.15, 0.2) is 6.20 Å². The van der Waals surface area contributed by atoms with Gasteiger partial charge in [0.05, 0.1) is 12.7 Å². The predicted molar refractivity (Wildman–Crippen MR) is 69.4 cm³/mol. The molecule has 7 heteroatoms. The molecule has 2 heterocycles. The first-order valence-corrected chi connectivity index (χ1v) is 6.33. The Labute approximate surface area is 111 Å². The van der Waals surface area contributed by atoms with Crippen LogP contribution in [0, 0.1) is 0 Å². The molecule has 6 nitrogen and oxygen atoms in total. The number of carbonyl (C=O) groups excluding carboxylic acids is 1. The fraction of sp³-hybridized carbons (Fsp3) is 0.636. The molecular weight excluding hydrogens is 254 g/mol. The molecule has 18 heavy (non-hydrogen) atoms. The van der Waals surface area contributed by atoms with Crippen molar-refractivity contribution in [3.63, 3.8) is 0 Å². The van der Waals surface area contributed by atoms with E-state index < -0.39 is 0 Å². The summed E-state index contributed by atoms with van der Waals surface area (Å²) >= 11 is 5.96. The molecule has 0 aromatic carbocycles. The standard InChI is InChI=1S/C11H18ClN5O/c1-13-11(18)8-5-14-3-4-17(8)7-10-15-6-9(12)16(10)2/h6,8,14H,3-5,7H2,1-2H3,(H,13,18). The average Bonchev–Trinajstić information content (AvgIpc) is 2.70. The molecular formula is C11H18ClN5O. The highest BCUT2D eigenvalue weighted by molar-refractivity contribution is 6.29. The third-order valence-electron chi connectivity index (χ3n) is 3.28. The average molecular weight is 272 g/mol. The molecule has 100 valence electrons. The lowest BCUT2D eigenvalue weighted by Gasteiger charge is -2.34. The highest BCUT2D eigenvalue weighted by Crippen LogP contribution is 2.13. The lowest BCUT2D eigenvalue weighted by atomic mass is 10.1. The predicted octanol–water partition coefficient (Wildman–Crippen LogP) is -0.407. The molecule has 1 atom stereocenters. The second-order valence-electron chi connectivity index (χ2n) is 4.36. The first kappa shape index (κ1) is 13.3. The Kier molecular flexibility index (Phi) is 4.21. The number of hydrogen-bond donors (Lipinski definition) is 2. The summed E-state index contributed by atoms with van der Waals surface area (Å²) in [6.07, 6.45) is 1.63. The van der Waals surface area contributed by atoms with Crippen molar-refractivity contribution >= 4 is 17.5 Å². The summed E-state index contributed by atoms with van der Waals surface area (Å²) in [7, 11) is 3.54. The number of aromatic nitrogens is 2. The van der Waals surface area contributed by atoms with E-state index in [0.29, 0.717) is 18.2 Å². The third kappa shape index (κ3) is 2.66. The van der Waals surface area contributed by atoms with Crippen molar-refractivity contribution in [2.24, 2.45) is 7.05 Å². The van der Waals surface area contributed by atoms with Crippen molar-refractivity contribution < 1.29 is 4.79 Å². The van der Waals surface area contributed by atoms with Gasteiger partial charge in [-0.25, -0.2) is 4.98 Å². The van der Waals surface area contributed by atoms with Crippen molar-refractivity contribution in [2.45, 2.75) is 12.6 Å². The summed E-state index contributed by atoms with van der Waals surface area (Å²) in [5, 5.41) is 6.53. The van der Waals surface area contributed by atoms with Crippen LogP contribution in [-0.4, -0.2) is 53.1 Å². The largest absolute Gasteiger partial charge is 0.358 e. The lowest BCUT2D eigenvalue weighted by Crippen LogP contribution is -2.57. The number of amides is 1. The van der Waals surface area contributed by atoms with Crippen LogP contribution >= 0.6 is 11.6 Å². The van der Waals surface area contributed by atoms with E-state index in [-0.39, 0.29) is 11.9 Å². The number of halogens is 1. The molecule has 1 aromatic heterocycles. The minimum absolute atomic E-state index is 0.0301. The van der Waals surface area contributed by atoms with E-state index in [0.717, 1.165) is 18.9 Å². The van der Waals surface area contributed by atoms with Crippen molar-refractivity contribution in [1.29, 1.82) is 0 Å².